The van der Waals surface area contributed by atoms with E-state index in [0.29, 0.717) is 0 Å². The number of rotatable bonds is 4. The van der Waals surface area contributed by atoms with E-state index in [1.807, 2.05) is 0 Å². The van der Waals surface area contributed by atoms with Gasteiger partial charge in [-0.05, 0) is 0 Å². The maximum atomic E-state index is 12.3. The van der Waals surface area contributed by atoms with E-state index in [1.165, 1.54) is 0 Å². The zero-order chi connectivity index (χ0) is 21.1. The number of quaternary nitrogens is 1. The lowest BCUT2D eigenvalue weighted by molar-refractivity contribution is -0.147. The molecule has 4 rings (SSSR count). The van der Waals surface area contributed by atoms with Crippen LogP contribution in [0.1, 0.15) is 0 Å². The third-order valence-electron chi connectivity index (χ3n) is 5.52. The van der Waals surface area contributed by atoms with Crippen molar-refractivity contribution in [1.29, 1.82) is 0 Å². The average molecular weight is 416 g/mol. The average Bonchev–Trinajstić information content (AvgIpc) is 3.30. The Labute approximate surface area is 162 Å². The SMILES string of the molecule is Nc1nc2c(c(=O)[nH]1)N=C[N+]2(C1O[C@H](CO)[C@H](O)[C@H]1O)[C@@H]1O[C@H](CO)[C@@H](O)[C@H]1O. The lowest BCUT2D eigenvalue weighted by Crippen LogP contribution is -2.68. The van der Waals surface area contributed by atoms with Gasteiger partial charge in [0.05, 0.1) is 13.2 Å². The third kappa shape index (κ3) is 2.73. The van der Waals surface area contributed by atoms with Crippen molar-refractivity contribution in [3.05, 3.63) is 10.4 Å². The summed E-state index contributed by atoms with van der Waals surface area (Å²) >= 11 is 0. The van der Waals surface area contributed by atoms with Crippen LogP contribution in [-0.2, 0) is 9.47 Å². The van der Waals surface area contributed by atoms with Crippen LogP contribution in [0.2, 0.25) is 0 Å². The number of aliphatic hydroxyl groups excluding tert-OH is 6. The number of nitrogen functional groups attached to an aromatic ring is 1. The van der Waals surface area contributed by atoms with Crippen molar-refractivity contribution in [2.75, 3.05) is 18.9 Å². The van der Waals surface area contributed by atoms with E-state index in [2.05, 4.69) is 15.0 Å². The number of aliphatic hydroxyl groups is 6. The predicted molar refractivity (Wildman–Crippen MR) is 94.7 cm³/mol. The number of aromatic amines is 1. The Kier molecular flexibility index (Phi) is 4.93. The molecule has 1 aromatic rings. The van der Waals surface area contributed by atoms with E-state index < -0.39 is 72.3 Å². The molecule has 14 heteroatoms. The van der Waals surface area contributed by atoms with Gasteiger partial charge in [0, 0.05) is 0 Å². The van der Waals surface area contributed by atoms with Crippen molar-refractivity contribution in [2.45, 2.75) is 49.1 Å². The fraction of sp³-hybridized carbons (Fsp3) is 0.667. The molecule has 0 amide bonds. The predicted octanol–water partition coefficient (Wildman–Crippen LogP) is -4.79. The number of nitrogens with two attached hydrogens (primary N) is 1. The van der Waals surface area contributed by atoms with Crippen molar-refractivity contribution in [3.63, 3.8) is 0 Å². The molecule has 9 atom stereocenters. The first-order valence-electron chi connectivity index (χ1n) is 8.84. The summed E-state index contributed by atoms with van der Waals surface area (Å²) in [5, 5.41) is 60.6. The van der Waals surface area contributed by atoms with Crippen molar-refractivity contribution < 1.29 is 40.1 Å². The van der Waals surface area contributed by atoms with Gasteiger partial charge in [-0.1, -0.05) is 0 Å². The first kappa shape index (κ1) is 20.3. The summed E-state index contributed by atoms with van der Waals surface area (Å²) < 4.78 is 10.4. The summed E-state index contributed by atoms with van der Waals surface area (Å²) in [5.74, 6) is -0.448. The van der Waals surface area contributed by atoms with Crippen LogP contribution in [0.5, 0.6) is 0 Å². The lowest BCUT2D eigenvalue weighted by atomic mass is 10.1. The van der Waals surface area contributed by atoms with Crippen molar-refractivity contribution in [3.8, 4) is 0 Å². The lowest BCUT2D eigenvalue weighted by Gasteiger charge is -2.40. The third-order valence-corrected chi connectivity index (χ3v) is 5.52. The second kappa shape index (κ2) is 7.05. The highest BCUT2D eigenvalue weighted by atomic mass is 16.6. The topological polar surface area (TPSA) is 224 Å². The number of aromatic nitrogens is 2. The summed E-state index contributed by atoms with van der Waals surface area (Å²) in [6.07, 6.45) is -10.4. The van der Waals surface area contributed by atoms with Crippen molar-refractivity contribution >= 4 is 23.8 Å². The minimum atomic E-state index is -1.62. The molecule has 0 bridgehead atoms. The highest BCUT2D eigenvalue weighted by Gasteiger charge is 2.66. The van der Waals surface area contributed by atoms with E-state index in [9.17, 15) is 35.4 Å². The number of anilines is 1. The van der Waals surface area contributed by atoms with Gasteiger partial charge in [-0.25, -0.2) is 0 Å². The van der Waals surface area contributed by atoms with Crippen LogP contribution in [0, 0.1) is 0 Å². The second-order valence-corrected chi connectivity index (χ2v) is 7.16. The molecule has 29 heavy (non-hydrogen) atoms. The van der Waals surface area contributed by atoms with Crippen LogP contribution in [0.15, 0.2) is 9.79 Å². The first-order chi connectivity index (χ1) is 13.8. The largest absolute Gasteiger partial charge is 0.394 e. The number of hydrogen-bond acceptors (Lipinski definition) is 12. The van der Waals surface area contributed by atoms with Crippen LogP contribution < -0.4 is 15.8 Å². The summed E-state index contributed by atoms with van der Waals surface area (Å²) in [5.41, 5.74) is 4.76. The summed E-state index contributed by atoms with van der Waals surface area (Å²) in [6, 6.07) is 0. The van der Waals surface area contributed by atoms with E-state index in [0.717, 1.165) is 6.34 Å². The minimum Gasteiger partial charge on any atom is -0.394 e. The molecule has 0 aromatic carbocycles. The Bertz CT molecular complexity index is 848. The van der Waals surface area contributed by atoms with Crippen molar-refractivity contribution in [2.24, 2.45) is 4.99 Å². The molecule has 2 saturated heterocycles. The molecule has 0 radical (unpaired) electrons. The van der Waals surface area contributed by atoms with Crippen molar-refractivity contribution in [1.82, 2.24) is 14.5 Å². The number of fused-ring (bicyclic) bond motifs is 1. The molecular formula is C15H22N5O9+. The zero-order valence-electron chi connectivity index (χ0n) is 14.9. The molecule has 0 aliphatic carbocycles. The number of aliphatic imine (C=N–C) groups is 1. The van der Waals surface area contributed by atoms with Gasteiger partial charge in [0.1, 0.15) is 24.4 Å². The molecule has 4 heterocycles. The fourth-order valence-corrected chi connectivity index (χ4v) is 4.05. The Morgan fingerprint density at radius 3 is 1.97 bits per heavy atom. The standard InChI is InChI=1S/C15H21N5O9/c16-15-18-11-6(12(27)19-15)17-3-20(11,13-9(25)7(23)4(1-21)28-13)14-10(26)8(24)5(2-22)29-14/h3-5,7-10,13-14,21-26H,1-2H2,(H2-,16,18,19,27)/p+1/t4-,5-,7-,8+,9-,10-,13-,14?,20?/m1/s1. The Morgan fingerprint density at radius 2 is 1.52 bits per heavy atom. The van der Waals surface area contributed by atoms with Gasteiger partial charge in [0.15, 0.2) is 12.2 Å². The van der Waals surface area contributed by atoms with Crippen LogP contribution in [0.3, 0.4) is 0 Å². The maximum Gasteiger partial charge on any atom is 0.284 e. The van der Waals surface area contributed by atoms with E-state index >= 15 is 0 Å². The highest BCUT2D eigenvalue weighted by molar-refractivity contribution is 5.87. The molecule has 2 unspecified atom stereocenters. The van der Waals surface area contributed by atoms with E-state index in [4.69, 9.17) is 15.2 Å². The summed E-state index contributed by atoms with van der Waals surface area (Å²) in [7, 11) is 0. The van der Waals surface area contributed by atoms with Gasteiger partial charge in [0.25, 0.3) is 11.4 Å². The Morgan fingerprint density at radius 1 is 1.00 bits per heavy atom. The molecule has 3 aliphatic rings. The normalized spacial score (nSPS) is 43.8. The van der Waals surface area contributed by atoms with E-state index in [1.54, 1.807) is 0 Å². The quantitative estimate of drug-likeness (QED) is 0.217. The molecule has 2 fully saturated rings. The number of hydrogen-bond donors (Lipinski definition) is 8. The minimum absolute atomic E-state index is 0.157. The Hall–Kier alpha value is -2.01. The van der Waals surface area contributed by atoms with Gasteiger partial charge in [-0.15, -0.1) is 0 Å². The zero-order valence-corrected chi connectivity index (χ0v) is 14.9. The van der Waals surface area contributed by atoms with Crippen LogP contribution >= 0.6 is 0 Å². The molecular weight excluding hydrogens is 394 g/mol. The molecule has 160 valence electrons. The highest BCUT2D eigenvalue weighted by Crippen LogP contribution is 2.45. The summed E-state index contributed by atoms with van der Waals surface area (Å²) in [4.78, 5) is 22.7. The first-order valence-corrected chi connectivity index (χ1v) is 8.84. The van der Waals surface area contributed by atoms with Gasteiger partial charge < -0.3 is 45.8 Å². The van der Waals surface area contributed by atoms with Gasteiger partial charge in [-0.2, -0.15) is 14.5 Å². The molecule has 1 aromatic heterocycles. The van der Waals surface area contributed by atoms with Crippen LogP contribution in [0.25, 0.3) is 0 Å². The van der Waals surface area contributed by atoms with E-state index in [-0.39, 0.29) is 17.5 Å². The molecule has 9 N–H and O–H groups in total. The number of nitrogens with zero attached hydrogens (tertiary/aromatic N) is 3. The fourth-order valence-electron chi connectivity index (χ4n) is 4.05. The molecule has 3 aliphatic heterocycles. The summed E-state index contributed by atoms with van der Waals surface area (Å²) in [6.45, 7) is -1.25. The van der Waals surface area contributed by atoms with Gasteiger partial charge in [-0.3, -0.25) is 9.78 Å². The van der Waals surface area contributed by atoms with Crippen LogP contribution in [-0.4, -0.2) is 109 Å². The molecule has 0 saturated carbocycles. The van der Waals surface area contributed by atoms with Gasteiger partial charge >= 0.3 is 0 Å². The van der Waals surface area contributed by atoms with Crippen LogP contribution in [0.4, 0.5) is 17.5 Å². The molecule has 14 nitrogen and oxygen atoms in total. The smallest absolute Gasteiger partial charge is 0.284 e. The van der Waals surface area contributed by atoms with Gasteiger partial charge in [0.2, 0.25) is 30.4 Å². The number of ether oxygens (including phenoxy) is 2. The monoisotopic (exact) mass is 416 g/mol. The maximum absolute atomic E-state index is 12.3. The number of nitrogens with one attached hydrogen (secondary N) is 1. The molecule has 0 spiro atoms. The second-order valence-electron chi connectivity index (χ2n) is 7.16. The number of H-pyrrole nitrogens is 1. The Balaban J connectivity index is 1.90.